The van der Waals surface area contributed by atoms with Gasteiger partial charge in [-0.3, -0.25) is 0 Å². The summed E-state index contributed by atoms with van der Waals surface area (Å²) in [5.74, 6) is 0. The molecule has 3 atom stereocenters. The fourth-order valence-electron chi connectivity index (χ4n) is 2.89. The minimum absolute atomic E-state index is 0.304. The smallest absolute Gasteiger partial charge is 0.0906 e. The maximum absolute atomic E-state index is 10.1. The largest absolute Gasteiger partial charge is 0.394 e. The zero-order valence-corrected chi connectivity index (χ0v) is 14.5. The molecule has 1 aromatic rings. The van der Waals surface area contributed by atoms with Crippen LogP contribution in [0.2, 0.25) is 0 Å². The molecule has 0 bridgehead atoms. The summed E-state index contributed by atoms with van der Waals surface area (Å²) in [6, 6.07) is 7.52. The van der Waals surface area contributed by atoms with Crippen LogP contribution in [0.3, 0.4) is 0 Å². The monoisotopic (exact) mass is 323 g/mol. The van der Waals surface area contributed by atoms with Crippen molar-refractivity contribution >= 4 is 0 Å². The van der Waals surface area contributed by atoms with Crippen molar-refractivity contribution < 1.29 is 15.3 Å². The minimum Gasteiger partial charge on any atom is -0.394 e. The van der Waals surface area contributed by atoms with Gasteiger partial charge in [0.2, 0.25) is 0 Å². The summed E-state index contributed by atoms with van der Waals surface area (Å²) in [7, 11) is 0. The van der Waals surface area contributed by atoms with Crippen LogP contribution in [0, 0.1) is 0 Å². The Morgan fingerprint density at radius 2 is 1.70 bits per heavy atom. The first-order valence-corrected chi connectivity index (χ1v) is 8.83. The van der Waals surface area contributed by atoms with Crippen LogP contribution >= 0.6 is 0 Å². The van der Waals surface area contributed by atoms with Crippen LogP contribution in [0.5, 0.6) is 0 Å². The molecular formula is C19H33NO3. The molecule has 4 heteroatoms. The van der Waals surface area contributed by atoms with E-state index in [1.165, 1.54) is 19.3 Å². The molecule has 0 aliphatic rings. The van der Waals surface area contributed by atoms with Gasteiger partial charge in [0, 0.05) is 0 Å². The van der Waals surface area contributed by atoms with Gasteiger partial charge in [0.25, 0.3) is 0 Å². The van der Waals surface area contributed by atoms with Crippen LogP contribution in [0.25, 0.3) is 0 Å². The van der Waals surface area contributed by atoms with Crippen LogP contribution in [0.1, 0.15) is 63.5 Å². The summed E-state index contributed by atoms with van der Waals surface area (Å²) in [5.41, 5.74) is 6.80. The summed E-state index contributed by atoms with van der Waals surface area (Å²) in [6.45, 7) is 3.71. The Kier molecular flexibility index (Phi) is 8.77. The van der Waals surface area contributed by atoms with Gasteiger partial charge in [-0.05, 0) is 30.4 Å². The first kappa shape index (κ1) is 20.1. The second-order valence-corrected chi connectivity index (χ2v) is 6.53. The van der Waals surface area contributed by atoms with E-state index in [4.69, 9.17) is 5.73 Å². The number of unbranched alkanes of at least 4 members (excludes halogenated alkanes) is 3. The summed E-state index contributed by atoms with van der Waals surface area (Å²) in [6.07, 6.45) is 5.48. The van der Waals surface area contributed by atoms with Crippen molar-refractivity contribution in [1.29, 1.82) is 0 Å². The van der Waals surface area contributed by atoms with Gasteiger partial charge in [-0.1, -0.05) is 63.8 Å². The molecule has 0 saturated carbocycles. The van der Waals surface area contributed by atoms with Gasteiger partial charge in [-0.15, -0.1) is 0 Å². The lowest BCUT2D eigenvalue weighted by atomic mass is 9.84. The number of rotatable bonds is 11. The molecular weight excluding hydrogens is 290 g/mol. The highest BCUT2D eigenvalue weighted by Gasteiger charge is 2.33. The van der Waals surface area contributed by atoms with Crippen LogP contribution in [0.4, 0.5) is 0 Å². The Balaban J connectivity index is 2.62. The molecule has 5 N–H and O–H groups in total. The maximum atomic E-state index is 10.1. The molecule has 0 amide bonds. The third-order valence-corrected chi connectivity index (χ3v) is 4.60. The Morgan fingerprint density at radius 1 is 1.04 bits per heavy atom. The zero-order chi connectivity index (χ0) is 17.3. The lowest BCUT2D eigenvalue weighted by Gasteiger charge is -2.32. The highest BCUT2D eigenvalue weighted by atomic mass is 16.3. The van der Waals surface area contributed by atoms with Crippen molar-refractivity contribution in [2.24, 2.45) is 5.73 Å². The van der Waals surface area contributed by atoms with Gasteiger partial charge < -0.3 is 21.1 Å². The summed E-state index contributed by atoms with van der Waals surface area (Å²) in [4.78, 5) is 0. The zero-order valence-electron chi connectivity index (χ0n) is 14.5. The summed E-state index contributed by atoms with van der Waals surface area (Å²) < 4.78 is 0. The van der Waals surface area contributed by atoms with Gasteiger partial charge in [0.1, 0.15) is 0 Å². The molecule has 0 heterocycles. The van der Waals surface area contributed by atoms with Gasteiger partial charge >= 0.3 is 0 Å². The van der Waals surface area contributed by atoms with E-state index < -0.39 is 11.6 Å². The van der Waals surface area contributed by atoms with E-state index in [1.807, 2.05) is 31.2 Å². The van der Waals surface area contributed by atoms with E-state index >= 15 is 0 Å². The molecule has 4 nitrogen and oxygen atoms in total. The SMILES string of the molecule is CCCCCCC(O)Cc1ccc(C(N)(CO)C(O)CC)cc1. The summed E-state index contributed by atoms with van der Waals surface area (Å²) in [5, 5.41) is 29.7. The van der Waals surface area contributed by atoms with Crippen molar-refractivity contribution in [2.75, 3.05) is 6.61 Å². The molecule has 0 aliphatic carbocycles. The maximum Gasteiger partial charge on any atom is 0.0906 e. The van der Waals surface area contributed by atoms with Crippen molar-refractivity contribution in [3.8, 4) is 0 Å². The molecule has 132 valence electrons. The van der Waals surface area contributed by atoms with Gasteiger partial charge in [-0.2, -0.15) is 0 Å². The molecule has 3 unspecified atom stereocenters. The van der Waals surface area contributed by atoms with E-state index in [1.54, 1.807) is 0 Å². The predicted octanol–water partition coefficient (Wildman–Crippen LogP) is 2.48. The quantitative estimate of drug-likeness (QED) is 0.471. The number of nitrogens with two attached hydrogens (primary N) is 1. The summed E-state index contributed by atoms with van der Waals surface area (Å²) >= 11 is 0. The van der Waals surface area contributed by atoms with Crippen molar-refractivity contribution in [3.63, 3.8) is 0 Å². The van der Waals surface area contributed by atoms with E-state index in [-0.39, 0.29) is 12.7 Å². The van der Waals surface area contributed by atoms with Crippen LogP contribution in [0.15, 0.2) is 24.3 Å². The van der Waals surface area contributed by atoms with Crippen molar-refractivity contribution in [1.82, 2.24) is 0 Å². The Labute approximate surface area is 140 Å². The number of aliphatic hydroxyl groups excluding tert-OH is 3. The Hall–Kier alpha value is -0.940. The molecule has 0 aliphatic heterocycles. The number of aliphatic hydroxyl groups is 3. The standard InChI is InChI=1S/C19H33NO3/c1-3-5-6-7-8-17(22)13-15-9-11-16(12-10-15)19(20,14-21)18(23)4-2/h9-12,17-18,21-23H,3-8,13-14,20H2,1-2H3. The molecule has 1 rings (SSSR count). The van der Waals surface area contributed by atoms with Crippen LogP contribution in [-0.2, 0) is 12.0 Å². The molecule has 0 spiro atoms. The first-order chi connectivity index (χ1) is 11.0. The molecule has 0 saturated heterocycles. The topological polar surface area (TPSA) is 86.7 Å². The second-order valence-electron chi connectivity index (χ2n) is 6.53. The number of benzene rings is 1. The van der Waals surface area contributed by atoms with Gasteiger partial charge in [-0.25, -0.2) is 0 Å². The van der Waals surface area contributed by atoms with Crippen LogP contribution < -0.4 is 5.73 Å². The lowest BCUT2D eigenvalue weighted by Crippen LogP contribution is -2.50. The van der Waals surface area contributed by atoms with Crippen molar-refractivity contribution in [3.05, 3.63) is 35.4 Å². The Bertz CT molecular complexity index is 435. The van der Waals surface area contributed by atoms with E-state index in [0.29, 0.717) is 12.8 Å². The number of hydrogen-bond acceptors (Lipinski definition) is 4. The first-order valence-electron chi connectivity index (χ1n) is 8.83. The van der Waals surface area contributed by atoms with Crippen LogP contribution in [-0.4, -0.2) is 34.1 Å². The van der Waals surface area contributed by atoms with Gasteiger partial charge in [0.05, 0.1) is 24.4 Å². The highest BCUT2D eigenvalue weighted by molar-refractivity contribution is 5.30. The average molecular weight is 323 g/mol. The Morgan fingerprint density at radius 3 is 2.22 bits per heavy atom. The molecule has 23 heavy (non-hydrogen) atoms. The highest BCUT2D eigenvalue weighted by Crippen LogP contribution is 2.24. The molecule has 1 aromatic carbocycles. The lowest BCUT2D eigenvalue weighted by molar-refractivity contribution is 0.0384. The van der Waals surface area contributed by atoms with E-state index in [9.17, 15) is 15.3 Å². The predicted molar refractivity (Wildman–Crippen MR) is 94.2 cm³/mol. The average Bonchev–Trinajstić information content (AvgIpc) is 2.58. The van der Waals surface area contributed by atoms with Gasteiger partial charge in [0.15, 0.2) is 0 Å². The second kappa shape index (κ2) is 10.0. The molecule has 0 fully saturated rings. The fraction of sp³-hybridized carbons (Fsp3) is 0.684. The third kappa shape index (κ3) is 5.88. The third-order valence-electron chi connectivity index (χ3n) is 4.60. The van der Waals surface area contributed by atoms with E-state index in [2.05, 4.69) is 6.92 Å². The van der Waals surface area contributed by atoms with Crippen molar-refractivity contribution in [2.45, 2.75) is 76.5 Å². The minimum atomic E-state index is -1.13. The molecule has 0 radical (unpaired) electrons. The van der Waals surface area contributed by atoms with E-state index in [0.717, 1.165) is 24.0 Å². The molecule has 0 aromatic heterocycles. The normalized spacial score (nSPS) is 16.8. The fourth-order valence-corrected chi connectivity index (χ4v) is 2.89. The number of hydrogen-bond donors (Lipinski definition) is 4.